The minimum atomic E-state index is -2.43. The van der Waals surface area contributed by atoms with Crippen molar-refractivity contribution in [3.8, 4) is 5.75 Å². The monoisotopic (exact) mass is 412 g/mol. The second-order valence-electron chi connectivity index (χ2n) is 5.32. The first kappa shape index (κ1) is 19.4. The average Bonchev–Trinajstić information content (AvgIpc) is 3.00. The van der Waals surface area contributed by atoms with E-state index in [0.29, 0.717) is 39.1 Å². The van der Waals surface area contributed by atoms with E-state index < -0.39 is 5.76 Å². The third-order valence-corrected chi connectivity index (χ3v) is 5.17. The van der Waals surface area contributed by atoms with Crippen molar-refractivity contribution in [1.82, 2.24) is 14.9 Å². The average molecular weight is 412 g/mol. The van der Waals surface area contributed by atoms with Gasteiger partial charge in [-0.2, -0.15) is 8.78 Å². The summed E-state index contributed by atoms with van der Waals surface area (Å²) in [4.78, 5) is 0.515. The Labute approximate surface area is 162 Å². The zero-order valence-corrected chi connectivity index (χ0v) is 15.5. The van der Waals surface area contributed by atoms with Gasteiger partial charge in [0, 0.05) is 10.6 Å². The molecule has 0 aliphatic carbocycles. The summed E-state index contributed by atoms with van der Waals surface area (Å²) in [7, 11) is 0. The maximum Gasteiger partial charge on any atom is 0.288 e. The molecule has 0 aliphatic rings. The van der Waals surface area contributed by atoms with Gasteiger partial charge in [0.15, 0.2) is 5.82 Å². The third kappa shape index (κ3) is 5.57. The molecule has 0 saturated carbocycles. The normalized spacial score (nSPS) is 11.1. The fraction of sp³-hybridized carbons (Fsp3) is 0.176. The number of alkyl halides is 2. The number of hydrogen-bond donors (Lipinski definition) is 1. The van der Waals surface area contributed by atoms with Gasteiger partial charge >= 0.3 is 0 Å². The molecular formula is C17H15F3N4OS2. The summed E-state index contributed by atoms with van der Waals surface area (Å²) in [5.41, 5.74) is 0.950. The van der Waals surface area contributed by atoms with Crippen molar-refractivity contribution in [2.45, 2.75) is 28.2 Å². The molecule has 0 saturated heterocycles. The van der Waals surface area contributed by atoms with Crippen LogP contribution in [0, 0.1) is 5.82 Å². The number of hydrogen-bond acceptors (Lipinski definition) is 6. The van der Waals surface area contributed by atoms with E-state index in [1.807, 2.05) is 0 Å². The van der Waals surface area contributed by atoms with Gasteiger partial charge < -0.3 is 10.6 Å². The second-order valence-corrected chi connectivity index (χ2v) is 7.33. The van der Waals surface area contributed by atoms with Crippen molar-refractivity contribution >= 4 is 23.5 Å². The Balaban J connectivity index is 1.54. The molecule has 0 amide bonds. The van der Waals surface area contributed by atoms with Crippen LogP contribution in [0.4, 0.5) is 13.2 Å². The van der Waals surface area contributed by atoms with E-state index in [1.165, 1.54) is 40.7 Å². The van der Waals surface area contributed by atoms with Gasteiger partial charge in [-0.05, 0) is 42.0 Å². The number of nitrogens with two attached hydrogens (primary N) is 1. The summed E-state index contributed by atoms with van der Waals surface area (Å²) in [6, 6.07) is 12.5. The van der Waals surface area contributed by atoms with E-state index in [2.05, 4.69) is 10.2 Å². The first-order valence-corrected chi connectivity index (χ1v) is 9.62. The van der Waals surface area contributed by atoms with Crippen molar-refractivity contribution in [1.29, 1.82) is 0 Å². The zero-order valence-electron chi connectivity index (χ0n) is 13.9. The predicted molar refractivity (Wildman–Crippen MR) is 98.8 cm³/mol. The van der Waals surface area contributed by atoms with Crippen LogP contribution in [0.15, 0.2) is 58.6 Å². The largest absolute Gasteiger partial charge is 0.486 e. The molecule has 27 heavy (non-hydrogen) atoms. The summed E-state index contributed by atoms with van der Waals surface area (Å²) in [6.07, 6.45) is 0. The molecule has 2 N–H and O–H groups in total. The second kappa shape index (κ2) is 9.05. The number of benzene rings is 2. The lowest BCUT2D eigenvalue weighted by Crippen LogP contribution is -2.15. The Kier molecular flexibility index (Phi) is 6.51. The Morgan fingerprint density at radius 3 is 2.41 bits per heavy atom. The van der Waals surface area contributed by atoms with Gasteiger partial charge in [0.05, 0.1) is 0 Å². The first-order valence-electron chi connectivity index (χ1n) is 7.75. The number of nitrogen functional groups attached to an aromatic ring is 1. The lowest BCUT2D eigenvalue weighted by molar-refractivity contribution is 0.252. The van der Waals surface area contributed by atoms with Crippen LogP contribution < -0.4 is 10.6 Å². The van der Waals surface area contributed by atoms with E-state index in [1.54, 1.807) is 24.3 Å². The molecule has 3 rings (SSSR count). The number of nitrogens with zero attached hydrogens (tertiary/aromatic N) is 3. The molecule has 2 aromatic carbocycles. The molecule has 0 unspecified atom stereocenters. The number of rotatable bonds is 8. The van der Waals surface area contributed by atoms with Gasteiger partial charge in [0.2, 0.25) is 5.16 Å². The van der Waals surface area contributed by atoms with E-state index in [0.717, 1.165) is 5.56 Å². The summed E-state index contributed by atoms with van der Waals surface area (Å²) >= 11 is 1.88. The van der Waals surface area contributed by atoms with Gasteiger partial charge in [-0.25, -0.2) is 9.07 Å². The fourth-order valence-electron chi connectivity index (χ4n) is 2.10. The van der Waals surface area contributed by atoms with Crippen molar-refractivity contribution in [3.05, 3.63) is 65.7 Å². The van der Waals surface area contributed by atoms with E-state index in [4.69, 9.17) is 10.6 Å². The summed E-state index contributed by atoms with van der Waals surface area (Å²) in [5.74, 6) is 4.68. The van der Waals surface area contributed by atoms with E-state index in [9.17, 15) is 13.2 Å². The van der Waals surface area contributed by atoms with Crippen LogP contribution in [-0.4, -0.2) is 20.6 Å². The third-order valence-electron chi connectivity index (χ3n) is 3.43. The van der Waals surface area contributed by atoms with Crippen LogP contribution >= 0.6 is 23.5 Å². The molecule has 10 heteroatoms. The Bertz CT molecular complexity index is 873. The smallest absolute Gasteiger partial charge is 0.288 e. The minimum Gasteiger partial charge on any atom is -0.486 e. The van der Waals surface area contributed by atoms with Gasteiger partial charge in [-0.1, -0.05) is 35.7 Å². The molecular weight excluding hydrogens is 397 g/mol. The highest BCUT2D eigenvalue weighted by molar-refractivity contribution is 7.99. The predicted octanol–water partition coefficient (Wildman–Crippen LogP) is 4.32. The standard InChI is InChI=1S/C17H15F3N4OS2/c18-12-3-5-13(6-4-12)25-9-15-22-23-17(24(15)21)26-10-11-1-7-14(8-2-11)27-16(19)20/h1-8,16H,9-10,21H2. The quantitative estimate of drug-likeness (QED) is 0.439. The maximum atomic E-state index is 12.9. The highest BCUT2D eigenvalue weighted by Crippen LogP contribution is 2.27. The molecule has 0 atom stereocenters. The molecule has 3 aromatic rings. The molecule has 0 aliphatic heterocycles. The highest BCUT2D eigenvalue weighted by atomic mass is 32.2. The van der Waals surface area contributed by atoms with Crippen LogP contribution in [0.5, 0.6) is 5.75 Å². The summed E-state index contributed by atoms with van der Waals surface area (Å²) in [5, 5.41) is 8.51. The number of halogens is 3. The van der Waals surface area contributed by atoms with Gasteiger partial charge in [0.25, 0.3) is 5.76 Å². The van der Waals surface area contributed by atoms with Crippen molar-refractivity contribution in [2.75, 3.05) is 5.84 Å². The molecule has 0 bridgehead atoms. The summed E-state index contributed by atoms with van der Waals surface area (Å²) in [6.45, 7) is 0.0925. The van der Waals surface area contributed by atoms with Crippen LogP contribution in [0.3, 0.4) is 0 Å². The topological polar surface area (TPSA) is 66.0 Å². The first-order chi connectivity index (χ1) is 13.0. The van der Waals surface area contributed by atoms with Crippen LogP contribution in [0.25, 0.3) is 0 Å². The van der Waals surface area contributed by atoms with Gasteiger partial charge in [-0.15, -0.1) is 10.2 Å². The molecule has 0 fully saturated rings. The van der Waals surface area contributed by atoms with Gasteiger partial charge in [0.1, 0.15) is 18.2 Å². The Hall–Kier alpha value is -2.33. The molecule has 142 valence electrons. The molecule has 1 aromatic heterocycles. The lowest BCUT2D eigenvalue weighted by Gasteiger charge is -2.06. The fourth-order valence-corrected chi connectivity index (χ4v) is 3.43. The van der Waals surface area contributed by atoms with E-state index in [-0.39, 0.29) is 12.4 Å². The van der Waals surface area contributed by atoms with E-state index >= 15 is 0 Å². The van der Waals surface area contributed by atoms with Crippen LogP contribution in [0.1, 0.15) is 11.4 Å². The number of thioether (sulfide) groups is 2. The molecule has 5 nitrogen and oxygen atoms in total. The molecule has 1 heterocycles. The number of aromatic nitrogens is 3. The zero-order chi connectivity index (χ0) is 19.2. The minimum absolute atomic E-state index is 0.0925. The Morgan fingerprint density at radius 2 is 1.74 bits per heavy atom. The molecule has 0 spiro atoms. The van der Waals surface area contributed by atoms with Crippen LogP contribution in [0.2, 0.25) is 0 Å². The van der Waals surface area contributed by atoms with Gasteiger partial charge in [-0.3, -0.25) is 0 Å². The van der Waals surface area contributed by atoms with Crippen LogP contribution in [-0.2, 0) is 12.4 Å². The Morgan fingerprint density at radius 1 is 1.04 bits per heavy atom. The van der Waals surface area contributed by atoms with Crippen molar-refractivity contribution < 1.29 is 17.9 Å². The molecule has 0 radical (unpaired) electrons. The van der Waals surface area contributed by atoms with Crippen molar-refractivity contribution in [2.24, 2.45) is 0 Å². The van der Waals surface area contributed by atoms with Crippen molar-refractivity contribution in [3.63, 3.8) is 0 Å². The lowest BCUT2D eigenvalue weighted by atomic mass is 10.2. The number of ether oxygens (including phenoxy) is 1. The highest BCUT2D eigenvalue weighted by Gasteiger charge is 2.11. The SMILES string of the molecule is Nn1c(COc2ccc(F)cc2)nnc1SCc1ccc(SC(F)F)cc1. The summed E-state index contributed by atoms with van der Waals surface area (Å²) < 4.78 is 44.4. The maximum absolute atomic E-state index is 12.9.